The fraction of sp³-hybridized carbons (Fsp3) is 0.211. The number of hydrogen-bond acceptors (Lipinski definition) is 7. The summed E-state index contributed by atoms with van der Waals surface area (Å²) in [7, 11) is 0. The molecule has 0 unspecified atom stereocenters. The number of thioether (sulfide) groups is 1. The zero-order valence-electron chi connectivity index (χ0n) is 16.0. The molecule has 1 heterocycles. The summed E-state index contributed by atoms with van der Waals surface area (Å²) in [5, 5.41) is 13.6. The van der Waals surface area contributed by atoms with Crippen LogP contribution in [0.15, 0.2) is 46.8 Å². The van der Waals surface area contributed by atoms with Crippen molar-refractivity contribution in [3.05, 3.63) is 53.1 Å². The van der Waals surface area contributed by atoms with E-state index in [2.05, 4.69) is 20.8 Å². The lowest BCUT2D eigenvalue weighted by molar-refractivity contribution is -0.137. The molecule has 12 heteroatoms. The minimum Gasteiger partial charge on any atom is -0.492 e. The Morgan fingerprint density at radius 2 is 1.97 bits per heavy atom. The largest absolute Gasteiger partial charge is 0.492 e. The Hall–Kier alpha value is -2.50. The summed E-state index contributed by atoms with van der Waals surface area (Å²) in [6.07, 6.45) is -4.64. The highest BCUT2D eigenvalue weighted by Crippen LogP contribution is 2.38. The van der Waals surface area contributed by atoms with E-state index in [0.29, 0.717) is 27.5 Å². The number of ether oxygens (including phenoxy) is 1. The Kier molecular flexibility index (Phi) is 7.63. The highest BCUT2D eigenvalue weighted by molar-refractivity contribution is 8.01. The van der Waals surface area contributed by atoms with Gasteiger partial charge < -0.3 is 15.4 Å². The van der Waals surface area contributed by atoms with Crippen LogP contribution >= 0.6 is 34.7 Å². The molecule has 0 fully saturated rings. The van der Waals surface area contributed by atoms with E-state index in [1.54, 1.807) is 0 Å². The zero-order valence-corrected chi connectivity index (χ0v) is 18.4. The van der Waals surface area contributed by atoms with Crippen molar-refractivity contribution in [1.29, 1.82) is 0 Å². The molecule has 31 heavy (non-hydrogen) atoms. The Labute approximate surface area is 189 Å². The van der Waals surface area contributed by atoms with Crippen molar-refractivity contribution in [3.8, 4) is 5.75 Å². The number of rotatable bonds is 8. The van der Waals surface area contributed by atoms with E-state index in [9.17, 15) is 18.0 Å². The molecule has 0 aliphatic rings. The van der Waals surface area contributed by atoms with Gasteiger partial charge in [-0.25, -0.2) is 0 Å². The third-order valence-corrected chi connectivity index (χ3v) is 6.03. The number of aromatic nitrogens is 2. The van der Waals surface area contributed by atoms with Gasteiger partial charge in [0.15, 0.2) is 4.34 Å². The van der Waals surface area contributed by atoms with Gasteiger partial charge in [-0.3, -0.25) is 4.79 Å². The van der Waals surface area contributed by atoms with Crippen molar-refractivity contribution in [2.24, 2.45) is 0 Å². The summed E-state index contributed by atoms with van der Waals surface area (Å²) in [4.78, 5) is 12.2. The fourth-order valence-electron chi connectivity index (χ4n) is 2.48. The Morgan fingerprint density at radius 1 is 1.19 bits per heavy atom. The van der Waals surface area contributed by atoms with Crippen molar-refractivity contribution in [2.45, 2.75) is 17.4 Å². The summed E-state index contributed by atoms with van der Waals surface area (Å²) >= 11 is 8.10. The van der Waals surface area contributed by atoms with Crippen LogP contribution in [-0.4, -0.2) is 28.5 Å². The Balaban J connectivity index is 1.61. The lowest BCUT2D eigenvalue weighted by atomic mass is 10.1. The highest BCUT2D eigenvalue weighted by Gasteiger charge is 2.34. The molecule has 2 N–H and O–H groups in total. The molecule has 0 aliphatic carbocycles. The van der Waals surface area contributed by atoms with Crippen LogP contribution in [0, 0.1) is 0 Å². The van der Waals surface area contributed by atoms with Gasteiger partial charge in [0.1, 0.15) is 5.75 Å². The second-order valence-corrected chi connectivity index (χ2v) is 8.53. The van der Waals surface area contributed by atoms with Gasteiger partial charge in [0.05, 0.1) is 34.3 Å². The van der Waals surface area contributed by atoms with E-state index >= 15 is 0 Å². The van der Waals surface area contributed by atoms with Crippen molar-refractivity contribution in [2.75, 3.05) is 23.0 Å². The van der Waals surface area contributed by atoms with Crippen LogP contribution in [0.4, 0.5) is 29.7 Å². The van der Waals surface area contributed by atoms with Crippen molar-refractivity contribution in [3.63, 3.8) is 0 Å². The zero-order chi connectivity index (χ0) is 22.4. The molecule has 1 aromatic heterocycles. The molecular formula is C19H16ClF3N4O2S2. The van der Waals surface area contributed by atoms with Crippen molar-refractivity contribution in [1.82, 2.24) is 10.2 Å². The number of benzene rings is 2. The summed E-state index contributed by atoms with van der Waals surface area (Å²) in [6.45, 7) is 2.38. The van der Waals surface area contributed by atoms with E-state index in [1.807, 2.05) is 31.2 Å². The number of hydrogen-bond donors (Lipinski definition) is 2. The molecule has 0 saturated carbocycles. The third-order valence-electron chi connectivity index (χ3n) is 3.75. The quantitative estimate of drug-likeness (QED) is 0.374. The highest BCUT2D eigenvalue weighted by atomic mass is 35.5. The van der Waals surface area contributed by atoms with Gasteiger partial charge in [-0.15, -0.1) is 10.2 Å². The second-order valence-electron chi connectivity index (χ2n) is 5.92. The predicted molar refractivity (Wildman–Crippen MR) is 117 cm³/mol. The lowest BCUT2D eigenvalue weighted by Gasteiger charge is -2.14. The van der Waals surface area contributed by atoms with Crippen LogP contribution in [0.25, 0.3) is 0 Å². The van der Waals surface area contributed by atoms with E-state index < -0.39 is 23.3 Å². The maximum atomic E-state index is 13.1. The maximum Gasteiger partial charge on any atom is 0.418 e. The first-order chi connectivity index (χ1) is 14.8. The molecule has 0 bridgehead atoms. The average Bonchev–Trinajstić information content (AvgIpc) is 3.16. The van der Waals surface area contributed by atoms with Gasteiger partial charge in [0.25, 0.3) is 0 Å². The van der Waals surface area contributed by atoms with Gasteiger partial charge in [-0.05, 0) is 31.2 Å². The molecule has 0 atom stereocenters. The smallest absolute Gasteiger partial charge is 0.418 e. The van der Waals surface area contributed by atoms with Crippen LogP contribution in [0.5, 0.6) is 5.75 Å². The van der Waals surface area contributed by atoms with Gasteiger partial charge in [-0.2, -0.15) is 13.2 Å². The summed E-state index contributed by atoms with van der Waals surface area (Å²) in [5.74, 6) is -0.142. The van der Waals surface area contributed by atoms with Crippen LogP contribution in [0.2, 0.25) is 5.02 Å². The van der Waals surface area contributed by atoms with Crippen LogP contribution < -0.4 is 15.4 Å². The van der Waals surface area contributed by atoms with Crippen LogP contribution in [0.1, 0.15) is 12.5 Å². The first-order valence-corrected chi connectivity index (χ1v) is 11.1. The lowest BCUT2D eigenvalue weighted by Crippen LogP contribution is -2.18. The SMILES string of the molecule is CCOc1ccccc1Nc1nnc(SCC(=O)Nc2c(Cl)cccc2C(F)(F)F)s1. The number of para-hydroxylation sites is 3. The van der Waals surface area contributed by atoms with Gasteiger partial charge in [0.2, 0.25) is 11.0 Å². The summed E-state index contributed by atoms with van der Waals surface area (Å²) in [6, 6.07) is 10.6. The molecular weight excluding hydrogens is 473 g/mol. The number of halogens is 4. The number of anilines is 3. The minimum atomic E-state index is -4.64. The second kappa shape index (κ2) is 10.2. The molecule has 0 saturated heterocycles. The van der Waals surface area contributed by atoms with E-state index in [4.69, 9.17) is 16.3 Å². The first-order valence-electron chi connectivity index (χ1n) is 8.88. The molecule has 164 valence electrons. The van der Waals surface area contributed by atoms with E-state index in [-0.39, 0.29) is 10.8 Å². The molecule has 0 spiro atoms. The monoisotopic (exact) mass is 488 g/mol. The molecule has 2 aromatic carbocycles. The minimum absolute atomic E-state index is 0.160. The number of nitrogens with one attached hydrogen (secondary N) is 2. The predicted octanol–water partition coefficient (Wildman–Crippen LogP) is 6.08. The molecule has 1 amide bonds. The summed E-state index contributed by atoms with van der Waals surface area (Å²) < 4.78 is 45.4. The number of amides is 1. The van der Waals surface area contributed by atoms with E-state index in [0.717, 1.165) is 17.8 Å². The molecule has 6 nitrogen and oxygen atoms in total. The fourth-order valence-corrected chi connectivity index (χ4v) is 4.26. The van der Waals surface area contributed by atoms with E-state index in [1.165, 1.54) is 23.5 Å². The first kappa shape index (κ1) is 23.2. The molecule has 0 aliphatic heterocycles. The average molecular weight is 489 g/mol. The number of carbonyl (C=O) groups excluding carboxylic acids is 1. The Bertz CT molecular complexity index is 1060. The molecule has 3 aromatic rings. The normalized spacial score (nSPS) is 11.3. The van der Waals surface area contributed by atoms with Gasteiger partial charge in [0, 0.05) is 0 Å². The molecule has 3 rings (SSSR count). The topological polar surface area (TPSA) is 76.1 Å². The van der Waals surface area contributed by atoms with Crippen LogP contribution in [0.3, 0.4) is 0 Å². The van der Waals surface area contributed by atoms with Crippen molar-refractivity contribution >= 4 is 57.1 Å². The van der Waals surface area contributed by atoms with Crippen LogP contribution in [-0.2, 0) is 11.0 Å². The number of alkyl halides is 3. The molecule has 0 radical (unpaired) electrons. The summed E-state index contributed by atoms with van der Waals surface area (Å²) in [5.41, 5.74) is -0.753. The third kappa shape index (κ3) is 6.25. The Morgan fingerprint density at radius 3 is 2.71 bits per heavy atom. The maximum absolute atomic E-state index is 13.1. The number of carbonyl (C=O) groups is 1. The van der Waals surface area contributed by atoms with Gasteiger partial charge in [-0.1, -0.05) is 52.9 Å². The standard InChI is InChI=1S/C19H16ClF3N4O2S2/c1-2-29-14-9-4-3-8-13(14)24-17-26-27-18(31-17)30-10-15(28)25-16-11(19(21,22)23)6-5-7-12(16)20/h3-9H,2,10H2,1H3,(H,24,26)(H,25,28). The number of nitrogens with zero attached hydrogens (tertiary/aromatic N) is 2. The van der Waals surface area contributed by atoms with Crippen molar-refractivity contribution < 1.29 is 22.7 Å². The van der Waals surface area contributed by atoms with Gasteiger partial charge >= 0.3 is 6.18 Å².